The zero-order valence-electron chi connectivity index (χ0n) is 23.8. The van der Waals surface area contributed by atoms with Crippen molar-refractivity contribution in [2.45, 2.75) is 48.0 Å². The lowest BCUT2D eigenvalue weighted by atomic mass is 9.93. The van der Waals surface area contributed by atoms with Crippen molar-refractivity contribution < 1.29 is 49.1 Å². The van der Waals surface area contributed by atoms with E-state index < -0.39 is 15.2 Å². The fourth-order valence-electron chi connectivity index (χ4n) is 2.99. The molecule has 13 heteroatoms. The van der Waals surface area contributed by atoms with Gasteiger partial charge in [-0.1, -0.05) is 40.5 Å². The van der Waals surface area contributed by atoms with Crippen molar-refractivity contribution in [2.75, 3.05) is 59.0 Å². The monoisotopic (exact) mass is 576 g/mol. The van der Waals surface area contributed by atoms with E-state index in [1.54, 1.807) is 39.8 Å². The first-order valence-corrected chi connectivity index (χ1v) is 15.9. The molecule has 2 atom stereocenters. The van der Waals surface area contributed by atoms with Gasteiger partial charge in [0.25, 0.3) is 0 Å². The quantitative estimate of drug-likeness (QED) is 0.0967. The maximum atomic E-state index is 12.1. The highest BCUT2D eigenvalue weighted by Crippen LogP contribution is 2.50. The van der Waals surface area contributed by atoms with Gasteiger partial charge in [-0.2, -0.15) is 0 Å². The maximum Gasteiger partial charge on any atom is 1.00 e. The molecule has 0 rings (SSSR count). The van der Waals surface area contributed by atoms with Crippen LogP contribution in [0.3, 0.4) is 0 Å². The van der Waals surface area contributed by atoms with Crippen molar-refractivity contribution in [1.82, 2.24) is 0 Å². The van der Waals surface area contributed by atoms with Crippen molar-refractivity contribution in [3.63, 3.8) is 0 Å². The fraction of sp³-hybridized carbons (Fsp3) is 0.833. The number of aliphatic hydroxyl groups is 4. The number of hydrogen-bond donors (Lipinski definition) is 4. The van der Waals surface area contributed by atoms with Gasteiger partial charge in [0, 0.05) is 44.1 Å². The van der Waals surface area contributed by atoms with Gasteiger partial charge in [-0.3, -0.25) is 9.13 Å². The van der Waals surface area contributed by atoms with Gasteiger partial charge in [0.05, 0.1) is 32.6 Å². The Hall–Kier alpha value is -0.315. The highest BCUT2D eigenvalue weighted by atomic mass is 31.2. The molecule has 0 aliphatic heterocycles. The van der Waals surface area contributed by atoms with Crippen LogP contribution in [0.1, 0.15) is 49.4 Å². The van der Waals surface area contributed by atoms with E-state index in [4.69, 9.17) is 38.5 Å². The van der Waals surface area contributed by atoms with Crippen LogP contribution in [0.2, 0.25) is 0 Å². The first-order valence-electron chi connectivity index (χ1n) is 12.6. The molecule has 2 unspecified atom stereocenters. The van der Waals surface area contributed by atoms with Crippen LogP contribution in [0, 0.1) is 23.7 Å². The largest absolute Gasteiger partial charge is 1.00 e. The molecule has 0 heterocycles. The molecule has 37 heavy (non-hydrogen) atoms. The Morgan fingerprint density at radius 1 is 0.730 bits per heavy atom. The molecule has 0 aliphatic rings. The van der Waals surface area contributed by atoms with Crippen molar-refractivity contribution in [1.29, 1.82) is 0 Å². The van der Waals surface area contributed by atoms with E-state index >= 15 is 0 Å². The first kappa shape index (κ1) is 41.2. The van der Waals surface area contributed by atoms with Gasteiger partial charge in [-0.15, -0.1) is 0 Å². The summed E-state index contributed by atoms with van der Waals surface area (Å²) in [6, 6.07) is 0. The van der Waals surface area contributed by atoms with Crippen LogP contribution in [-0.4, -0.2) is 87.9 Å². The van der Waals surface area contributed by atoms with Gasteiger partial charge in [-0.25, -0.2) is 0 Å². The van der Waals surface area contributed by atoms with Crippen molar-refractivity contribution in [3.8, 4) is 0 Å². The minimum Gasteiger partial charge on any atom is -0.396 e. The molecule has 0 fully saturated rings. The molecule has 0 spiro atoms. The van der Waals surface area contributed by atoms with Crippen LogP contribution in [0.25, 0.3) is 0 Å². The van der Waals surface area contributed by atoms with Crippen LogP contribution in [0.4, 0.5) is 0 Å². The molecular weight excluding hydrogens is 521 g/mol. The molecule has 0 saturated carbocycles. The Labute approximate surface area is 227 Å². The summed E-state index contributed by atoms with van der Waals surface area (Å²) in [5.41, 5.74) is 0. The van der Waals surface area contributed by atoms with Gasteiger partial charge in [-0.05, 0) is 46.0 Å². The van der Waals surface area contributed by atoms with E-state index in [2.05, 4.69) is 0 Å². The average Bonchev–Trinajstić information content (AvgIpc) is 2.81. The van der Waals surface area contributed by atoms with Gasteiger partial charge in [0.2, 0.25) is 0 Å². The Morgan fingerprint density at radius 2 is 1.16 bits per heavy atom. The molecule has 0 radical (unpaired) electrons. The zero-order chi connectivity index (χ0) is 28.0. The summed E-state index contributed by atoms with van der Waals surface area (Å²) in [6.07, 6.45) is 6.10. The lowest BCUT2D eigenvalue weighted by Crippen LogP contribution is -2.19. The smallest absolute Gasteiger partial charge is 0.396 e. The summed E-state index contributed by atoms with van der Waals surface area (Å²) in [7, 11) is -6.16. The molecule has 0 aliphatic carbocycles. The predicted octanol–water partition coefficient (Wildman–Crippen LogP) is 3.10. The fourth-order valence-corrected chi connectivity index (χ4v) is 5.78. The second kappa shape index (κ2) is 24.7. The highest BCUT2D eigenvalue weighted by Gasteiger charge is 2.22. The van der Waals surface area contributed by atoms with Gasteiger partial charge in [0.1, 0.15) is 0 Å². The molecule has 0 bridgehead atoms. The highest BCUT2D eigenvalue weighted by molar-refractivity contribution is 7.57. The topological polar surface area (TPSA) is 152 Å². The van der Waals surface area contributed by atoms with Crippen LogP contribution >= 0.6 is 15.2 Å². The first-order chi connectivity index (χ1) is 17.0. The lowest BCUT2D eigenvalue weighted by molar-refractivity contribution is 0.113. The second-order valence-corrected chi connectivity index (χ2v) is 12.1. The summed E-state index contributed by atoms with van der Waals surface area (Å²) < 4.78 is 44.7. The van der Waals surface area contributed by atoms with Crippen molar-refractivity contribution >= 4 is 23.6 Å². The molecular formula is C24H55BO10P2. The van der Waals surface area contributed by atoms with Crippen molar-refractivity contribution in [3.05, 3.63) is 24.0 Å². The van der Waals surface area contributed by atoms with E-state index in [0.29, 0.717) is 32.8 Å². The summed E-state index contributed by atoms with van der Waals surface area (Å²) in [5.74, 6) is 1.22. The minimum absolute atomic E-state index is 0. The molecule has 0 aromatic rings. The molecule has 0 aromatic carbocycles. The number of allylic oxidation sites excluding steroid dienone is 3. The predicted molar refractivity (Wildman–Crippen MR) is 156 cm³/mol. The van der Waals surface area contributed by atoms with E-state index in [1.165, 1.54) is 5.82 Å². The molecule has 0 amide bonds. The Kier molecular flexibility index (Phi) is 27.5. The third kappa shape index (κ3) is 19.4. The van der Waals surface area contributed by atoms with E-state index in [1.807, 2.05) is 19.9 Å². The Bertz CT molecular complexity index is 657. The molecule has 0 saturated heterocycles. The zero-order valence-corrected chi connectivity index (χ0v) is 24.6. The normalized spacial score (nSPS) is 14.2. The van der Waals surface area contributed by atoms with Crippen molar-refractivity contribution in [2.24, 2.45) is 23.7 Å². The van der Waals surface area contributed by atoms with E-state index in [9.17, 15) is 9.13 Å². The van der Waals surface area contributed by atoms with E-state index in [0.717, 1.165) is 0 Å². The number of rotatable bonds is 20. The lowest BCUT2D eigenvalue weighted by Gasteiger charge is -2.18. The average molecular weight is 576 g/mol. The second-order valence-electron chi connectivity index (χ2n) is 8.14. The summed E-state index contributed by atoms with van der Waals surface area (Å²) in [5, 5.41) is 36.1. The third-order valence-electron chi connectivity index (χ3n) is 5.32. The number of hydrogen-bond acceptors (Lipinski definition) is 10. The molecule has 4 N–H and O–H groups in total. The van der Waals surface area contributed by atoms with E-state index in [-0.39, 0.29) is 66.1 Å². The number of aliphatic hydroxyl groups excluding tert-OH is 4. The van der Waals surface area contributed by atoms with Crippen LogP contribution in [0.15, 0.2) is 24.0 Å². The molecule has 10 nitrogen and oxygen atoms in total. The summed E-state index contributed by atoms with van der Waals surface area (Å²) >= 11 is 0. The minimum atomic E-state index is -3.13. The Balaban J connectivity index is -0.000000289. The van der Waals surface area contributed by atoms with Gasteiger partial charge >= 0.3 is 16.6 Å². The van der Waals surface area contributed by atoms with Crippen LogP contribution in [0.5, 0.6) is 0 Å². The van der Waals surface area contributed by atoms with Gasteiger partial charge in [0.15, 0.2) is 0 Å². The van der Waals surface area contributed by atoms with Crippen LogP contribution in [-0.2, 0) is 27.2 Å². The Morgan fingerprint density at radius 3 is 1.54 bits per heavy atom. The summed E-state index contributed by atoms with van der Waals surface area (Å²) in [6.45, 7) is 12.0. The molecule has 224 valence electrons. The molecule has 0 aromatic heterocycles. The van der Waals surface area contributed by atoms with Gasteiger partial charge < -0.3 is 38.5 Å². The SMILES string of the molecule is CCOP(=O)(/C=C\CC(C)C(CO)CO)OCC.CCOP(=O)(C/C=C/C(C)C(CO)CO)OCC.[BH4-].[H+]. The summed E-state index contributed by atoms with van der Waals surface area (Å²) in [4.78, 5) is 0. The maximum absolute atomic E-state index is 12.1. The third-order valence-corrected chi connectivity index (χ3v) is 9.09. The standard InChI is InChI=1S/2C12H25O5P.BH4/c2*1-4-16-18(15,17-5-2)8-6-7-11(3)12(9-13)10-14;/h6,8,11-14H,4-5,7,9-10H2,1-3H3;6-7,11-14H,4-5,8-10H2,1-3H3;1H4/q;;-1/p+1/b8-6-;7-6+;. The van der Waals surface area contributed by atoms with Crippen LogP contribution < -0.4 is 0 Å².